The average Bonchev–Trinajstić information content (AvgIpc) is 3.10. The second kappa shape index (κ2) is 7.04. The summed E-state index contributed by atoms with van der Waals surface area (Å²) in [6, 6.07) is 14.7. The maximum absolute atomic E-state index is 11.1. The quantitative estimate of drug-likeness (QED) is 0.670. The fourth-order valence-electron chi connectivity index (χ4n) is 2.90. The lowest BCUT2D eigenvalue weighted by atomic mass is 9.98. The summed E-state index contributed by atoms with van der Waals surface area (Å²) in [4.78, 5) is 0. The first-order chi connectivity index (χ1) is 12.2. The summed E-state index contributed by atoms with van der Waals surface area (Å²) >= 11 is 0. The van der Waals surface area contributed by atoms with Crippen LogP contribution < -0.4 is 4.74 Å². The Bertz CT molecular complexity index is 860. The molecule has 0 spiro atoms. The molecule has 1 heterocycles. The summed E-state index contributed by atoms with van der Waals surface area (Å²) in [6.07, 6.45) is 0.535. The Morgan fingerprint density at radius 3 is 2.60 bits per heavy atom. The lowest BCUT2D eigenvalue weighted by Crippen LogP contribution is -2.41. The fraction of sp³-hybridized carbons (Fsp3) is 0.263. The van der Waals surface area contributed by atoms with Crippen molar-refractivity contribution >= 4 is 11.0 Å². The number of aromatic nitrogens is 3. The number of benzene rings is 2. The maximum atomic E-state index is 11.1. The Kier molecular flexibility index (Phi) is 4.83. The van der Waals surface area contributed by atoms with E-state index in [1.165, 1.54) is 0 Å². The van der Waals surface area contributed by atoms with Gasteiger partial charge in [-0.2, -0.15) is 0 Å². The molecule has 0 bridgehead atoms. The van der Waals surface area contributed by atoms with Crippen LogP contribution in [0.3, 0.4) is 0 Å². The first kappa shape index (κ1) is 17.1. The third-order valence-electron chi connectivity index (χ3n) is 4.17. The van der Waals surface area contributed by atoms with E-state index in [-0.39, 0.29) is 0 Å². The molecule has 130 valence electrons. The second-order valence-electron chi connectivity index (χ2n) is 5.55. The summed E-state index contributed by atoms with van der Waals surface area (Å²) in [5, 5.41) is 19.5. The van der Waals surface area contributed by atoms with Crippen LogP contribution in [-0.4, -0.2) is 33.8 Å². The van der Waals surface area contributed by atoms with Crippen molar-refractivity contribution in [1.82, 2.24) is 15.0 Å². The summed E-state index contributed by atoms with van der Waals surface area (Å²) in [7, 11) is 1.60. The highest BCUT2D eigenvalue weighted by Gasteiger charge is 2.41. The number of hydrogen-bond acceptors (Lipinski definition) is 5. The molecular formula is C19H21N3O3. The van der Waals surface area contributed by atoms with Gasteiger partial charge in [-0.15, -0.1) is 5.10 Å². The zero-order chi connectivity index (χ0) is 17.9. The molecule has 3 aromatic rings. The highest BCUT2D eigenvalue weighted by molar-refractivity contribution is 5.74. The van der Waals surface area contributed by atoms with E-state index < -0.39 is 11.8 Å². The topological polar surface area (TPSA) is 69.4 Å². The minimum atomic E-state index is -1.28. The number of aliphatic hydroxyl groups is 1. The zero-order valence-electron chi connectivity index (χ0n) is 14.3. The minimum Gasteiger partial charge on any atom is -0.497 e. The van der Waals surface area contributed by atoms with Gasteiger partial charge in [0.2, 0.25) is 5.72 Å². The van der Waals surface area contributed by atoms with Crippen molar-refractivity contribution in [3.63, 3.8) is 0 Å². The summed E-state index contributed by atoms with van der Waals surface area (Å²) in [5.41, 5.74) is 0.854. The van der Waals surface area contributed by atoms with E-state index in [1.54, 1.807) is 42.1 Å². The van der Waals surface area contributed by atoms with E-state index in [0.717, 1.165) is 11.0 Å². The van der Waals surface area contributed by atoms with Gasteiger partial charge in [-0.25, -0.2) is 4.68 Å². The van der Waals surface area contributed by atoms with Crippen LogP contribution >= 0.6 is 0 Å². The smallest absolute Gasteiger partial charge is 0.212 e. The van der Waals surface area contributed by atoms with Crippen molar-refractivity contribution in [3.05, 3.63) is 66.7 Å². The average molecular weight is 339 g/mol. The minimum absolute atomic E-state index is 0.368. The Balaban J connectivity index is 2.13. The van der Waals surface area contributed by atoms with Crippen molar-refractivity contribution in [1.29, 1.82) is 0 Å². The highest BCUT2D eigenvalue weighted by Crippen LogP contribution is 2.37. The van der Waals surface area contributed by atoms with E-state index in [0.29, 0.717) is 17.9 Å². The van der Waals surface area contributed by atoms with Crippen molar-refractivity contribution in [2.75, 3.05) is 13.7 Å². The van der Waals surface area contributed by atoms with Crippen LogP contribution in [0, 0.1) is 0 Å². The van der Waals surface area contributed by atoms with Crippen molar-refractivity contribution in [2.45, 2.75) is 18.8 Å². The fourth-order valence-corrected chi connectivity index (χ4v) is 2.90. The van der Waals surface area contributed by atoms with Gasteiger partial charge < -0.3 is 14.6 Å². The van der Waals surface area contributed by atoms with Gasteiger partial charge in [0.15, 0.2) is 0 Å². The normalized spacial score (nSPS) is 14.8. The van der Waals surface area contributed by atoms with E-state index in [9.17, 15) is 5.11 Å². The van der Waals surface area contributed by atoms with Crippen LogP contribution in [-0.2, 0) is 10.5 Å². The Labute approximate surface area is 146 Å². The molecule has 25 heavy (non-hydrogen) atoms. The van der Waals surface area contributed by atoms with Crippen LogP contribution in [0.2, 0.25) is 0 Å². The van der Waals surface area contributed by atoms with Crippen molar-refractivity contribution in [2.24, 2.45) is 0 Å². The molecule has 2 unspecified atom stereocenters. The molecule has 6 nitrogen and oxygen atoms in total. The monoisotopic (exact) mass is 339 g/mol. The molecule has 2 atom stereocenters. The van der Waals surface area contributed by atoms with Crippen LogP contribution in [0.5, 0.6) is 5.75 Å². The summed E-state index contributed by atoms with van der Waals surface area (Å²) in [6.45, 7) is 6.12. The van der Waals surface area contributed by atoms with Gasteiger partial charge in [-0.3, -0.25) is 0 Å². The van der Waals surface area contributed by atoms with Gasteiger partial charge in [-0.05, 0) is 42.8 Å². The third-order valence-corrected chi connectivity index (χ3v) is 4.17. The van der Waals surface area contributed by atoms with E-state index >= 15 is 0 Å². The highest BCUT2D eigenvalue weighted by atomic mass is 16.5. The maximum Gasteiger partial charge on any atom is 0.212 e. The SMILES string of the molecule is C=CC(OCC)(C(O)c1ccc(OC)cc1)n1nnc2ccccc21. The lowest BCUT2D eigenvalue weighted by Gasteiger charge is -2.35. The first-order valence-corrected chi connectivity index (χ1v) is 8.06. The first-order valence-electron chi connectivity index (χ1n) is 8.06. The lowest BCUT2D eigenvalue weighted by molar-refractivity contribution is -0.149. The second-order valence-corrected chi connectivity index (χ2v) is 5.55. The van der Waals surface area contributed by atoms with Gasteiger partial charge in [0.05, 0.1) is 12.6 Å². The van der Waals surface area contributed by atoms with Gasteiger partial charge in [0, 0.05) is 6.61 Å². The molecule has 0 saturated carbocycles. The number of para-hydroxylation sites is 1. The molecule has 0 aliphatic heterocycles. The van der Waals surface area contributed by atoms with Gasteiger partial charge in [0.25, 0.3) is 0 Å². The summed E-state index contributed by atoms with van der Waals surface area (Å²) in [5.74, 6) is 0.711. The number of nitrogens with zero attached hydrogens (tertiary/aromatic N) is 3. The molecular weight excluding hydrogens is 318 g/mol. The summed E-state index contributed by atoms with van der Waals surface area (Å²) < 4.78 is 12.7. The number of aliphatic hydroxyl groups excluding tert-OH is 1. The molecule has 1 N–H and O–H groups in total. The number of fused-ring (bicyclic) bond motifs is 1. The molecule has 6 heteroatoms. The molecule has 0 aliphatic carbocycles. The molecule has 0 fully saturated rings. The number of rotatable bonds is 7. The van der Waals surface area contributed by atoms with Gasteiger partial charge in [0.1, 0.15) is 17.4 Å². The van der Waals surface area contributed by atoms with Crippen molar-refractivity contribution in [3.8, 4) is 5.75 Å². The largest absolute Gasteiger partial charge is 0.497 e. The Morgan fingerprint density at radius 1 is 1.24 bits per heavy atom. The molecule has 0 saturated heterocycles. The Morgan fingerprint density at radius 2 is 1.96 bits per heavy atom. The molecule has 0 aliphatic rings. The van der Waals surface area contributed by atoms with E-state index in [1.807, 2.05) is 31.2 Å². The van der Waals surface area contributed by atoms with Crippen molar-refractivity contribution < 1.29 is 14.6 Å². The number of ether oxygens (including phenoxy) is 2. The third kappa shape index (κ3) is 2.90. The van der Waals surface area contributed by atoms with E-state index in [4.69, 9.17) is 9.47 Å². The standard InChI is InChI=1S/C19H21N3O3/c1-4-19(25-5-2,18(23)14-10-12-15(24-3)13-11-14)22-17-9-7-6-8-16(17)20-21-22/h4,6-13,18,23H,1,5H2,2-3H3. The molecule has 2 aromatic carbocycles. The molecule has 0 radical (unpaired) electrons. The number of hydrogen-bond donors (Lipinski definition) is 1. The zero-order valence-corrected chi connectivity index (χ0v) is 14.3. The van der Waals surface area contributed by atoms with Gasteiger partial charge in [-0.1, -0.05) is 36.1 Å². The molecule has 0 amide bonds. The molecule has 3 rings (SSSR count). The van der Waals surface area contributed by atoms with Gasteiger partial charge >= 0.3 is 0 Å². The Hall–Kier alpha value is -2.70. The van der Waals surface area contributed by atoms with Crippen LogP contribution in [0.25, 0.3) is 11.0 Å². The number of methoxy groups -OCH3 is 1. The van der Waals surface area contributed by atoms with Crippen LogP contribution in [0.4, 0.5) is 0 Å². The predicted octanol–water partition coefficient (Wildman–Crippen LogP) is 3.05. The molecule has 1 aromatic heterocycles. The van der Waals surface area contributed by atoms with Crippen LogP contribution in [0.1, 0.15) is 18.6 Å². The van der Waals surface area contributed by atoms with E-state index in [2.05, 4.69) is 16.9 Å². The van der Waals surface area contributed by atoms with Crippen LogP contribution in [0.15, 0.2) is 61.2 Å². The predicted molar refractivity (Wildman–Crippen MR) is 95.3 cm³/mol.